The third-order valence-corrected chi connectivity index (χ3v) is 3.97. The number of hydrogen-bond acceptors (Lipinski definition) is 2. The van der Waals surface area contributed by atoms with Crippen molar-refractivity contribution in [2.24, 2.45) is 5.41 Å². The van der Waals surface area contributed by atoms with Crippen molar-refractivity contribution in [1.82, 2.24) is 9.32 Å². The van der Waals surface area contributed by atoms with Crippen LogP contribution < -0.4 is 0 Å². The molecule has 4 heteroatoms. The van der Waals surface area contributed by atoms with Gasteiger partial charge < -0.3 is 4.90 Å². The minimum Gasteiger partial charge on any atom is -0.306 e. The van der Waals surface area contributed by atoms with E-state index in [1.807, 2.05) is 0 Å². The summed E-state index contributed by atoms with van der Waals surface area (Å²) >= 11 is 5.90. The average molecular weight is 217 g/mol. The summed E-state index contributed by atoms with van der Waals surface area (Å²) in [4.78, 5) is 13.6. The second-order valence-electron chi connectivity index (χ2n) is 4.72. The molecule has 0 aromatic heterocycles. The molecule has 0 aromatic carbocycles. The van der Waals surface area contributed by atoms with Crippen LogP contribution >= 0.6 is 11.8 Å². The molecule has 0 atom stereocenters. The normalized spacial score (nSPS) is 28.4. The van der Waals surface area contributed by atoms with E-state index < -0.39 is 0 Å². The number of nitrogens with zero attached hydrogens (tertiary/aromatic N) is 2. The Morgan fingerprint density at radius 2 is 1.93 bits per heavy atom. The van der Waals surface area contributed by atoms with Crippen molar-refractivity contribution < 1.29 is 4.79 Å². The summed E-state index contributed by atoms with van der Waals surface area (Å²) in [6, 6.07) is 0. The summed E-state index contributed by atoms with van der Waals surface area (Å²) in [6.45, 7) is 3.03. The standard InChI is InChI=1S/C10H17ClN2O/c1-12-6-4-10(5-7-12)3-2-9(14)13(11)8-10/h2-8H2,1H3. The van der Waals surface area contributed by atoms with Crippen LogP contribution in [0, 0.1) is 5.41 Å². The van der Waals surface area contributed by atoms with Crippen LogP contribution in [0.2, 0.25) is 0 Å². The number of hydrogen-bond donors (Lipinski definition) is 0. The smallest absolute Gasteiger partial charge is 0.236 e. The topological polar surface area (TPSA) is 23.6 Å². The average Bonchev–Trinajstić information content (AvgIpc) is 2.18. The number of carbonyl (C=O) groups excluding carboxylic acids is 1. The van der Waals surface area contributed by atoms with E-state index in [1.165, 1.54) is 17.3 Å². The predicted molar refractivity (Wildman–Crippen MR) is 56.0 cm³/mol. The maximum absolute atomic E-state index is 11.3. The molecule has 2 heterocycles. The Labute approximate surface area is 90.1 Å². The molecular formula is C10H17ClN2O. The van der Waals surface area contributed by atoms with Gasteiger partial charge in [-0.15, -0.1) is 0 Å². The Morgan fingerprint density at radius 1 is 1.29 bits per heavy atom. The van der Waals surface area contributed by atoms with Crippen molar-refractivity contribution in [3.63, 3.8) is 0 Å². The number of halogens is 1. The molecule has 2 aliphatic rings. The van der Waals surface area contributed by atoms with Crippen LogP contribution in [0.3, 0.4) is 0 Å². The Bertz CT molecular complexity index is 236. The van der Waals surface area contributed by atoms with E-state index in [4.69, 9.17) is 11.8 Å². The van der Waals surface area contributed by atoms with Gasteiger partial charge in [-0.2, -0.15) is 0 Å². The maximum atomic E-state index is 11.3. The molecule has 14 heavy (non-hydrogen) atoms. The van der Waals surface area contributed by atoms with Crippen LogP contribution in [-0.2, 0) is 4.79 Å². The molecule has 2 saturated heterocycles. The molecule has 0 N–H and O–H groups in total. The number of likely N-dealkylation sites (tertiary alicyclic amines) is 1. The fraction of sp³-hybridized carbons (Fsp3) is 0.900. The highest BCUT2D eigenvalue weighted by Gasteiger charge is 2.39. The molecule has 0 aromatic rings. The van der Waals surface area contributed by atoms with Crippen LogP contribution in [0.15, 0.2) is 0 Å². The highest BCUT2D eigenvalue weighted by atomic mass is 35.5. The van der Waals surface area contributed by atoms with Gasteiger partial charge in [0.05, 0.1) is 0 Å². The minimum absolute atomic E-state index is 0.0937. The van der Waals surface area contributed by atoms with Gasteiger partial charge in [0.15, 0.2) is 0 Å². The van der Waals surface area contributed by atoms with Gasteiger partial charge in [0, 0.05) is 24.7 Å². The third-order valence-electron chi connectivity index (χ3n) is 3.66. The van der Waals surface area contributed by atoms with Gasteiger partial charge in [-0.05, 0) is 44.8 Å². The Balaban J connectivity index is 2.00. The number of amides is 1. The molecule has 1 spiro atoms. The van der Waals surface area contributed by atoms with Gasteiger partial charge in [-0.3, -0.25) is 9.21 Å². The summed E-state index contributed by atoms with van der Waals surface area (Å²) in [5.74, 6) is 0.0937. The van der Waals surface area contributed by atoms with Gasteiger partial charge in [0.25, 0.3) is 0 Å². The van der Waals surface area contributed by atoms with Crippen molar-refractivity contribution in [3.05, 3.63) is 0 Å². The molecule has 0 radical (unpaired) electrons. The zero-order valence-corrected chi connectivity index (χ0v) is 9.39. The van der Waals surface area contributed by atoms with E-state index in [0.29, 0.717) is 11.8 Å². The first kappa shape index (κ1) is 10.2. The molecule has 0 saturated carbocycles. The van der Waals surface area contributed by atoms with Crippen LogP contribution in [0.1, 0.15) is 25.7 Å². The van der Waals surface area contributed by atoms with Crippen molar-refractivity contribution in [2.45, 2.75) is 25.7 Å². The lowest BCUT2D eigenvalue weighted by Crippen LogP contribution is -2.47. The number of rotatable bonds is 0. The van der Waals surface area contributed by atoms with Crippen LogP contribution in [0.5, 0.6) is 0 Å². The summed E-state index contributed by atoms with van der Waals surface area (Å²) in [5.41, 5.74) is 0.322. The lowest BCUT2D eigenvalue weighted by molar-refractivity contribution is -0.132. The maximum Gasteiger partial charge on any atom is 0.236 e. The van der Waals surface area contributed by atoms with Gasteiger partial charge in [0.1, 0.15) is 0 Å². The Kier molecular flexibility index (Phi) is 2.71. The quantitative estimate of drug-likeness (QED) is 0.573. The van der Waals surface area contributed by atoms with Gasteiger partial charge >= 0.3 is 0 Å². The number of carbonyl (C=O) groups is 1. The van der Waals surface area contributed by atoms with Gasteiger partial charge in [-0.25, -0.2) is 0 Å². The highest BCUT2D eigenvalue weighted by Crippen LogP contribution is 2.40. The first-order valence-corrected chi connectivity index (χ1v) is 5.60. The van der Waals surface area contributed by atoms with Crippen molar-refractivity contribution in [1.29, 1.82) is 0 Å². The Morgan fingerprint density at radius 3 is 2.50 bits per heavy atom. The summed E-state index contributed by atoms with van der Waals surface area (Å²) in [7, 11) is 2.15. The van der Waals surface area contributed by atoms with Crippen molar-refractivity contribution >= 4 is 17.7 Å². The Hall–Kier alpha value is -0.280. The zero-order valence-electron chi connectivity index (χ0n) is 8.63. The van der Waals surface area contributed by atoms with Crippen LogP contribution in [0.4, 0.5) is 0 Å². The number of piperidine rings is 2. The van der Waals surface area contributed by atoms with E-state index in [-0.39, 0.29) is 5.91 Å². The molecule has 3 nitrogen and oxygen atoms in total. The monoisotopic (exact) mass is 216 g/mol. The van der Waals surface area contributed by atoms with Gasteiger partial charge in [-0.1, -0.05) is 0 Å². The molecule has 2 fully saturated rings. The second-order valence-corrected chi connectivity index (χ2v) is 5.13. The largest absolute Gasteiger partial charge is 0.306 e. The summed E-state index contributed by atoms with van der Waals surface area (Å²) < 4.78 is 1.40. The molecule has 2 aliphatic heterocycles. The van der Waals surface area contributed by atoms with E-state index in [2.05, 4.69) is 11.9 Å². The molecule has 0 bridgehead atoms. The van der Waals surface area contributed by atoms with Crippen molar-refractivity contribution in [3.8, 4) is 0 Å². The van der Waals surface area contributed by atoms with E-state index in [0.717, 1.165) is 26.1 Å². The first-order chi connectivity index (χ1) is 6.61. The van der Waals surface area contributed by atoms with Crippen molar-refractivity contribution in [2.75, 3.05) is 26.7 Å². The fourth-order valence-electron chi connectivity index (χ4n) is 2.46. The molecule has 80 valence electrons. The summed E-state index contributed by atoms with van der Waals surface area (Å²) in [6.07, 6.45) is 4.02. The second kappa shape index (κ2) is 3.70. The molecule has 1 amide bonds. The van der Waals surface area contributed by atoms with Crippen LogP contribution in [0.25, 0.3) is 0 Å². The van der Waals surface area contributed by atoms with Gasteiger partial charge in [0.2, 0.25) is 5.91 Å². The summed E-state index contributed by atoms with van der Waals surface area (Å²) in [5, 5.41) is 0. The van der Waals surface area contributed by atoms with Crippen LogP contribution in [-0.4, -0.2) is 41.9 Å². The highest BCUT2D eigenvalue weighted by molar-refractivity contribution is 6.21. The van der Waals surface area contributed by atoms with E-state index >= 15 is 0 Å². The molecule has 0 unspecified atom stereocenters. The minimum atomic E-state index is 0.0937. The fourth-order valence-corrected chi connectivity index (χ4v) is 2.79. The van der Waals surface area contributed by atoms with E-state index in [1.54, 1.807) is 0 Å². The lowest BCUT2D eigenvalue weighted by atomic mass is 9.73. The SMILES string of the molecule is CN1CCC2(CCC(=O)N(Cl)C2)CC1. The molecule has 0 aliphatic carbocycles. The van der Waals surface area contributed by atoms with E-state index in [9.17, 15) is 4.79 Å². The lowest BCUT2D eigenvalue weighted by Gasteiger charge is -2.44. The third kappa shape index (κ3) is 1.89. The first-order valence-electron chi connectivity index (χ1n) is 5.26. The zero-order chi connectivity index (χ0) is 10.2. The predicted octanol–water partition coefficient (Wildman–Crippen LogP) is 1.47. The molecular weight excluding hydrogens is 200 g/mol. The molecule has 2 rings (SSSR count).